The Morgan fingerprint density at radius 3 is 2.74 bits per heavy atom. The number of carbonyl (C=O) groups is 3. The normalized spacial score (nSPS) is 20.7. The van der Waals surface area contributed by atoms with Crippen LogP contribution < -0.4 is 5.32 Å². The number of methoxy groups -OCH3 is 1. The minimum absolute atomic E-state index is 0.00469. The number of esters is 1. The number of aliphatic hydroxyl groups is 1. The molecule has 2 N–H and O–H groups in total. The summed E-state index contributed by atoms with van der Waals surface area (Å²) in [4.78, 5) is 44.7. The van der Waals surface area contributed by atoms with E-state index in [1.807, 2.05) is 6.07 Å². The summed E-state index contributed by atoms with van der Waals surface area (Å²) in [6.07, 6.45) is 3.85. The number of fused-ring (bicyclic) bond motifs is 4. The lowest BCUT2D eigenvalue weighted by molar-refractivity contribution is -0.139. The molecule has 3 heterocycles. The summed E-state index contributed by atoms with van der Waals surface area (Å²) < 4.78 is 34.1. The lowest BCUT2D eigenvalue weighted by Gasteiger charge is -2.35. The number of amides is 2. The van der Waals surface area contributed by atoms with Crippen LogP contribution in [-0.4, -0.2) is 52.0 Å². The lowest BCUT2D eigenvalue weighted by Crippen LogP contribution is -2.41. The van der Waals surface area contributed by atoms with Gasteiger partial charge in [0.1, 0.15) is 11.4 Å². The maximum absolute atomic E-state index is 14.7. The van der Waals surface area contributed by atoms with Gasteiger partial charge in [-0.1, -0.05) is 23.7 Å². The number of nitrogens with one attached hydrogen (secondary N) is 1. The van der Waals surface area contributed by atoms with E-state index in [9.17, 15) is 28.3 Å². The minimum Gasteiger partial charge on any atom is -0.469 e. The van der Waals surface area contributed by atoms with Crippen LogP contribution in [0.15, 0.2) is 54.7 Å². The lowest BCUT2D eigenvalue weighted by atomic mass is 9.91. The number of ether oxygens (including phenoxy) is 1. The highest BCUT2D eigenvalue weighted by molar-refractivity contribution is 6.31. The predicted octanol–water partition coefficient (Wildman–Crippen LogP) is 5.63. The first kappa shape index (κ1) is 30.3. The molecule has 2 aromatic carbocycles. The van der Waals surface area contributed by atoms with Gasteiger partial charge in [-0.3, -0.25) is 19.4 Å². The van der Waals surface area contributed by atoms with Gasteiger partial charge < -0.3 is 20.1 Å². The summed E-state index contributed by atoms with van der Waals surface area (Å²) in [5.41, 5.74) is 1.07. The molecule has 0 radical (unpaired) electrons. The molecule has 0 fully saturated rings. The molecule has 0 saturated heterocycles. The smallest absolute Gasteiger partial charge is 0.309 e. The number of rotatable bonds is 4. The molecular weight excluding hydrogens is 580 g/mol. The first-order valence-corrected chi connectivity index (χ1v) is 14.2. The SMILES string of the molecule is COC(=O)Cc1ccc2c(c1)NC(=O)C(C)(O)CCC[C@H](N1CCC(c3c(F)ccc(Cl)c3F)=CC1=O)c1cc-2ccn1. The zero-order valence-corrected chi connectivity index (χ0v) is 24.4. The molecule has 1 unspecified atom stereocenters. The molecule has 2 aliphatic heterocycles. The van der Waals surface area contributed by atoms with Crippen molar-refractivity contribution < 1.29 is 33.0 Å². The standard InChI is InChI=1S/C32H30ClF2N3O5/c1-32(42)11-3-4-26(38-13-10-20(17-27(38)39)29-23(34)8-7-22(33)30(29)35)25-16-19(9-12-36-25)21-6-5-18(15-28(40)43-2)14-24(21)37-31(32)41/h5-9,12,14,16-17,26,42H,3-4,10-11,13,15H2,1-2H3,(H,37,41)/t26-,32?/m0/s1. The molecule has 2 atom stereocenters. The molecule has 43 heavy (non-hydrogen) atoms. The van der Waals surface area contributed by atoms with E-state index < -0.39 is 41.1 Å². The van der Waals surface area contributed by atoms with Crippen LogP contribution in [0.4, 0.5) is 14.5 Å². The summed E-state index contributed by atoms with van der Waals surface area (Å²) in [6.45, 7) is 1.59. The third kappa shape index (κ3) is 6.30. The third-order valence-electron chi connectivity index (χ3n) is 7.92. The van der Waals surface area contributed by atoms with Crippen molar-refractivity contribution in [2.75, 3.05) is 19.0 Å². The van der Waals surface area contributed by atoms with Crippen molar-refractivity contribution in [3.05, 3.63) is 88.2 Å². The molecule has 0 saturated carbocycles. The van der Waals surface area contributed by atoms with Gasteiger partial charge in [0, 0.05) is 30.1 Å². The van der Waals surface area contributed by atoms with Crippen LogP contribution in [0.25, 0.3) is 16.7 Å². The Balaban J connectivity index is 1.54. The molecule has 3 aromatic rings. The summed E-state index contributed by atoms with van der Waals surface area (Å²) in [5, 5.41) is 13.7. The number of aromatic nitrogens is 1. The molecule has 224 valence electrons. The molecular formula is C32H30ClF2N3O5. The van der Waals surface area contributed by atoms with Crippen molar-refractivity contribution in [1.29, 1.82) is 0 Å². The molecule has 11 heteroatoms. The highest BCUT2D eigenvalue weighted by Crippen LogP contribution is 2.38. The fourth-order valence-corrected chi connectivity index (χ4v) is 5.71. The van der Waals surface area contributed by atoms with Crippen LogP contribution in [-0.2, 0) is 25.5 Å². The van der Waals surface area contributed by atoms with Gasteiger partial charge in [-0.25, -0.2) is 8.78 Å². The Hall–Kier alpha value is -4.15. The van der Waals surface area contributed by atoms with Crippen LogP contribution in [0.3, 0.4) is 0 Å². The summed E-state index contributed by atoms with van der Waals surface area (Å²) in [7, 11) is 1.29. The van der Waals surface area contributed by atoms with E-state index in [0.29, 0.717) is 40.9 Å². The maximum Gasteiger partial charge on any atom is 0.309 e. The Morgan fingerprint density at radius 2 is 2.00 bits per heavy atom. The van der Waals surface area contributed by atoms with Crippen molar-refractivity contribution in [3.8, 4) is 11.1 Å². The van der Waals surface area contributed by atoms with Crippen LogP contribution in [0.5, 0.6) is 0 Å². The van der Waals surface area contributed by atoms with Crippen molar-refractivity contribution >= 4 is 40.6 Å². The van der Waals surface area contributed by atoms with Gasteiger partial charge in [0.2, 0.25) is 5.91 Å². The summed E-state index contributed by atoms with van der Waals surface area (Å²) >= 11 is 5.88. The van der Waals surface area contributed by atoms with E-state index >= 15 is 0 Å². The monoisotopic (exact) mass is 609 g/mol. The largest absolute Gasteiger partial charge is 0.469 e. The summed E-state index contributed by atoms with van der Waals surface area (Å²) in [5.74, 6) is -3.21. The topological polar surface area (TPSA) is 109 Å². The van der Waals surface area contributed by atoms with Crippen molar-refractivity contribution in [3.63, 3.8) is 0 Å². The van der Waals surface area contributed by atoms with Crippen LogP contribution >= 0.6 is 11.6 Å². The fraction of sp³-hybridized carbons (Fsp3) is 0.312. The van der Waals surface area contributed by atoms with E-state index in [2.05, 4.69) is 10.3 Å². The van der Waals surface area contributed by atoms with Crippen molar-refractivity contribution in [1.82, 2.24) is 9.88 Å². The quantitative estimate of drug-likeness (QED) is 0.293. The van der Waals surface area contributed by atoms with Crippen LogP contribution in [0.2, 0.25) is 5.02 Å². The molecule has 8 nitrogen and oxygen atoms in total. The molecule has 5 rings (SSSR count). The maximum atomic E-state index is 14.7. The second-order valence-corrected chi connectivity index (χ2v) is 11.3. The molecule has 0 spiro atoms. The number of carbonyl (C=O) groups excluding carboxylic acids is 3. The third-order valence-corrected chi connectivity index (χ3v) is 8.21. The first-order valence-electron chi connectivity index (χ1n) is 13.8. The molecule has 1 aromatic heterocycles. The molecule has 2 amide bonds. The highest BCUT2D eigenvalue weighted by atomic mass is 35.5. The van der Waals surface area contributed by atoms with Crippen molar-refractivity contribution in [2.45, 2.75) is 50.7 Å². The predicted molar refractivity (Wildman–Crippen MR) is 157 cm³/mol. The second kappa shape index (κ2) is 12.2. The highest BCUT2D eigenvalue weighted by Gasteiger charge is 2.34. The Kier molecular flexibility index (Phi) is 8.62. The summed E-state index contributed by atoms with van der Waals surface area (Å²) in [6, 6.07) is 10.4. The van der Waals surface area contributed by atoms with Gasteiger partial charge in [0.05, 0.1) is 35.9 Å². The van der Waals surface area contributed by atoms with Gasteiger partial charge in [0.25, 0.3) is 5.91 Å². The van der Waals surface area contributed by atoms with Gasteiger partial charge in [-0.2, -0.15) is 0 Å². The van der Waals surface area contributed by atoms with Gasteiger partial charge in [-0.15, -0.1) is 0 Å². The number of hydrogen-bond donors (Lipinski definition) is 2. The number of halogens is 3. The van der Waals surface area contributed by atoms with Crippen LogP contribution in [0.1, 0.15) is 55.5 Å². The van der Waals surface area contributed by atoms with E-state index in [-0.39, 0.29) is 42.0 Å². The molecule has 2 bridgehead atoms. The fourth-order valence-electron chi connectivity index (χ4n) is 5.55. The van der Waals surface area contributed by atoms with E-state index in [4.69, 9.17) is 16.3 Å². The number of hydrogen-bond acceptors (Lipinski definition) is 6. The average Bonchev–Trinajstić information content (AvgIpc) is 2.97. The zero-order valence-electron chi connectivity index (χ0n) is 23.6. The molecule has 0 aliphatic carbocycles. The zero-order chi connectivity index (χ0) is 30.9. The Bertz CT molecular complexity index is 1640. The van der Waals surface area contributed by atoms with E-state index in [0.717, 1.165) is 12.1 Å². The van der Waals surface area contributed by atoms with Gasteiger partial charge in [-0.05, 0) is 79.6 Å². The van der Waals surface area contributed by atoms with Crippen molar-refractivity contribution in [2.24, 2.45) is 0 Å². The van der Waals surface area contributed by atoms with E-state index in [1.165, 1.54) is 20.1 Å². The number of benzene rings is 2. The minimum atomic E-state index is -1.73. The first-order chi connectivity index (χ1) is 20.5. The number of pyridine rings is 1. The number of anilines is 1. The van der Waals surface area contributed by atoms with Gasteiger partial charge >= 0.3 is 5.97 Å². The Morgan fingerprint density at radius 1 is 1.21 bits per heavy atom. The van der Waals surface area contributed by atoms with Crippen LogP contribution in [0, 0.1) is 11.6 Å². The second-order valence-electron chi connectivity index (χ2n) is 10.9. The average molecular weight is 610 g/mol. The molecule has 2 aliphatic rings. The number of nitrogens with zero attached hydrogens (tertiary/aromatic N) is 2. The van der Waals surface area contributed by atoms with E-state index in [1.54, 1.807) is 35.4 Å². The van der Waals surface area contributed by atoms with Gasteiger partial charge in [0.15, 0.2) is 5.82 Å². The Labute approximate surface area is 252 Å².